The summed E-state index contributed by atoms with van der Waals surface area (Å²) in [6.07, 6.45) is 3.78. The van der Waals surface area contributed by atoms with E-state index >= 15 is 0 Å². The van der Waals surface area contributed by atoms with Crippen LogP contribution in [0.3, 0.4) is 0 Å². The maximum Gasteiger partial charge on any atom is 0.312 e. The van der Waals surface area contributed by atoms with E-state index in [1.807, 2.05) is 13.8 Å². The van der Waals surface area contributed by atoms with Crippen LogP contribution in [0.5, 0.6) is 0 Å². The topological polar surface area (TPSA) is 29.5 Å². The molecule has 0 aromatic rings. The summed E-state index contributed by atoms with van der Waals surface area (Å²) < 4.78 is 4.90. The molecule has 0 spiro atoms. The summed E-state index contributed by atoms with van der Waals surface area (Å²) >= 11 is 0. The molecule has 19 heavy (non-hydrogen) atoms. The van der Waals surface area contributed by atoms with Gasteiger partial charge in [0.2, 0.25) is 0 Å². The molecule has 1 unspecified atom stereocenters. The van der Waals surface area contributed by atoms with Crippen molar-refractivity contribution in [3.05, 3.63) is 0 Å². The predicted molar refractivity (Wildman–Crippen MR) is 79.0 cm³/mol. The van der Waals surface area contributed by atoms with Crippen molar-refractivity contribution in [2.24, 2.45) is 16.7 Å². The Morgan fingerprint density at radius 1 is 1.16 bits per heavy atom. The van der Waals surface area contributed by atoms with Crippen LogP contribution in [0.1, 0.15) is 53.9 Å². The zero-order valence-electron chi connectivity index (χ0n) is 13.6. The quantitative estimate of drug-likeness (QED) is 0.736. The third-order valence-electron chi connectivity index (χ3n) is 4.40. The van der Waals surface area contributed by atoms with Gasteiger partial charge in [0.15, 0.2) is 0 Å². The van der Waals surface area contributed by atoms with Gasteiger partial charge in [-0.3, -0.25) is 4.79 Å². The van der Waals surface area contributed by atoms with Crippen molar-refractivity contribution in [3.8, 4) is 0 Å². The van der Waals surface area contributed by atoms with Gasteiger partial charge in [0, 0.05) is 6.54 Å². The molecule has 0 aromatic heterocycles. The Kier molecular flexibility index (Phi) is 5.43. The third-order valence-corrected chi connectivity index (χ3v) is 4.40. The summed E-state index contributed by atoms with van der Waals surface area (Å²) in [6, 6.07) is 0. The fourth-order valence-electron chi connectivity index (χ4n) is 3.08. The number of carbonyl (C=O) groups is 1. The maximum atomic E-state index is 11.8. The largest absolute Gasteiger partial charge is 0.469 e. The zero-order valence-corrected chi connectivity index (χ0v) is 13.6. The van der Waals surface area contributed by atoms with E-state index in [4.69, 9.17) is 4.74 Å². The lowest BCUT2D eigenvalue weighted by Crippen LogP contribution is -2.40. The fourth-order valence-corrected chi connectivity index (χ4v) is 3.08. The second-order valence-corrected chi connectivity index (χ2v) is 7.65. The highest BCUT2D eigenvalue weighted by atomic mass is 16.5. The number of carbonyl (C=O) groups excluding carboxylic acids is 1. The molecular formula is C16H31NO2. The minimum Gasteiger partial charge on any atom is -0.469 e. The lowest BCUT2D eigenvalue weighted by molar-refractivity contribution is -0.151. The summed E-state index contributed by atoms with van der Waals surface area (Å²) in [6.45, 7) is 14.0. The van der Waals surface area contributed by atoms with Crippen molar-refractivity contribution < 1.29 is 9.53 Å². The molecule has 0 bridgehead atoms. The van der Waals surface area contributed by atoms with Gasteiger partial charge in [-0.25, -0.2) is 0 Å². The summed E-state index contributed by atoms with van der Waals surface area (Å²) in [5.74, 6) is 0.683. The summed E-state index contributed by atoms with van der Waals surface area (Å²) in [5, 5.41) is 0. The van der Waals surface area contributed by atoms with Crippen molar-refractivity contribution in [3.63, 3.8) is 0 Å². The summed E-state index contributed by atoms with van der Waals surface area (Å²) in [4.78, 5) is 14.2. The average Bonchev–Trinajstić information content (AvgIpc) is 2.52. The van der Waals surface area contributed by atoms with Crippen LogP contribution in [0.25, 0.3) is 0 Å². The van der Waals surface area contributed by atoms with Crippen LogP contribution in [0.15, 0.2) is 0 Å². The fraction of sp³-hybridized carbons (Fsp3) is 0.938. The first kappa shape index (κ1) is 16.5. The zero-order chi connectivity index (χ0) is 14.7. The van der Waals surface area contributed by atoms with Crippen LogP contribution in [-0.4, -0.2) is 37.6 Å². The van der Waals surface area contributed by atoms with Gasteiger partial charge in [0.1, 0.15) is 0 Å². The van der Waals surface area contributed by atoms with Gasteiger partial charge in [0.05, 0.1) is 12.5 Å². The first-order valence-electron chi connectivity index (χ1n) is 7.47. The molecule has 0 aliphatic carbocycles. The van der Waals surface area contributed by atoms with Crippen LogP contribution in [0, 0.1) is 16.7 Å². The third kappa shape index (κ3) is 4.79. The molecule has 3 heteroatoms. The van der Waals surface area contributed by atoms with E-state index < -0.39 is 5.41 Å². The lowest BCUT2D eigenvalue weighted by atomic mass is 9.77. The van der Waals surface area contributed by atoms with Crippen LogP contribution in [-0.2, 0) is 9.53 Å². The van der Waals surface area contributed by atoms with Crippen molar-refractivity contribution >= 4 is 5.97 Å². The normalized spacial score (nSPS) is 22.9. The lowest BCUT2D eigenvalue weighted by Gasteiger charge is -2.31. The first-order valence-corrected chi connectivity index (χ1v) is 7.47. The Bertz CT molecular complexity index is 304. The number of hydrogen-bond donors (Lipinski definition) is 0. The Morgan fingerprint density at radius 2 is 1.79 bits per heavy atom. The Hall–Kier alpha value is -0.570. The van der Waals surface area contributed by atoms with Gasteiger partial charge >= 0.3 is 5.97 Å². The molecule has 1 heterocycles. The molecule has 1 atom stereocenters. The average molecular weight is 269 g/mol. The Morgan fingerprint density at radius 3 is 2.32 bits per heavy atom. The smallest absolute Gasteiger partial charge is 0.312 e. The van der Waals surface area contributed by atoms with Crippen LogP contribution < -0.4 is 0 Å². The second-order valence-electron chi connectivity index (χ2n) is 7.65. The minimum atomic E-state index is -0.406. The highest BCUT2D eigenvalue weighted by molar-refractivity contribution is 5.76. The van der Waals surface area contributed by atoms with Gasteiger partial charge < -0.3 is 9.64 Å². The molecule has 1 saturated heterocycles. The van der Waals surface area contributed by atoms with E-state index in [9.17, 15) is 4.79 Å². The number of esters is 1. The van der Waals surface area contributed by atoms with E-state index in [1.165, 1.54) is 26.4 Å². The molecule has 1 rings (SSSR count). The summed E-state index contributed by atoms with van der Waals surface area (Å²) in [5.41, 5.74) is -0.00973. The van der Waals surface area contributed by atoms with E-state index in [-0.39, 0.29) is 5.97 Å². The van der Waals surface area contributed by atoms with Gasteiger partial charge in [-0.2, -0.15) is 0 Å². The number of nitrogens with zero attached hydrogens (tertiary/aromatic N) is 1. The Labute approximate surface area is 118 Å². The van der Waals surface area contributed by atoms with E-state index in [0.717, 1.165) is 25.6 Å². The molecule has 0 saturated carbocycles. The number of likely N-dealkylation sites (tertiary alicyclic amines) is 1. The van der Waals surface area contributed by atoms with Crippen molar-refractivity contribution in [1.82, 2.24) is 4.90 Å². The number of rotatable bonds is 3. The molecule has 0 aromatic carbocycles. The molecule has 0 amide bonds. The highest BCUT2D eigenvalue weighted by Gasteiger charge is 2.33. The Balaban J connectivity index is 2.56. The number of hydrogen-bond acceptors (Lipinski definition) is 3. The van der Waals surface area contributed by atoms with Crippen LogP contribution in [0.4, 0.5) is 0 Å². The monoisotopic (exact) mass is 269 g/mol. The summed E-state index contributed by atoms with van der Waals surface area (Å²) in [7, 11) is 1.47. The molecule has 1 fully saturated rings. The van der Waals surface area contributed by atoms with Crippen molar-refractivity contribution in [1.29, 1.82) is 0 Å². The van der Waals surface area contributed by atoms with Crippen molar-refractivity contribution in [2.45, 2.75) is 53.9 Å². The van der Waals surface area contributed by atoms with Gasteiger partial charge in [-0.1, -0.05) is 20.8 Å². The van der Waals surface area contributed by atoms with E-state index in [1.54, 1.807) is 0 Å². The number of methoxy groups -OCH3 is 1. The minimum absolute atomic E-state index is 0.107. The van der Waals surface area contributed by atoms with E-state index in [2.05, 4.69) is 25.7 Å². The first-order chi connectivity index (χ1) is 8.66. The number of ether oxygens (including phenoxy) is 1. The van der Waals surface area contributed by atoms with Crippen LogP contribution in [0.2, 0.25) is 0 Å². The van der Waals surface area contributed by atoms with E-state index in [0.29, 0.717) is 5.41 Å². The van der Waals surface area contributed by atoms with Gasteiger partial charge in [-0.15, -0.1) is 0 Å². The molecular weight excluding hydrogens is 238 g/mol. The second kappa shape index (κ2) is 6.25. The molecule has 0 N–H and O–H groups in total. The molecule has 112 valence electrons. The molecule has 0 radical (unpaired) electrons. The maximum absolute atomic E-state index is 11.8. The predicted octanol–water partition coefficient (Wildman–Crippen LogP) is 3.33. The standard InChI is InChI=1S/C16H31NO2/c1-15(2,3)13-8-7-10-17(11-9-13)12-16(4,5)14(18)19-6/h13H,7-12H2,1-6H3. The highest BCUT2D eigenvalue weighted by Crippen LogP contribution is 2.34. The van der Waals surface area contributed by atoms with Gasteiger partial charge in [-0.05, 0) is 57.5 Å². The van der Waals surface area contributed by atoms with Gasteiger partial charge in [0.25, 0.3) is 0 Å². The molecule has 1 aliphatic rings. The SMILES string of the molecule is COC(=O)C(C)(C)CN1CCCC(C(C)(C)C)CC1. The van der Waals surface area contributed by atoms with Crippen molar-refractivity contribution in [2.75, 3.05) is 26.7 Å². The molecule has 3 nitrogen and oxygen atoms in total. The van der Waals surface area contributed by atoms with Crippen LogP contribution >= 0.6 is 0 Å². The molecule has 1 aliphatic heterocycles.